The van der Waals surface area contributed by atoms with Crippen molar-refractivity contribution in [3.05, 3.63) is 22.2 Å². The largest absolute Gasteiger partial charge is 0.481 e. The number of carboxylic acids is 1. The zero-order chi connectivity index (χ0) is 15.2. The van der Waals surface area contributed by atoms with Gasteiger partial charge in [0.1, 0.15) is 0 Å². The topological polar surface area (TPSA) is 70.5 Å². The third-order valence-electron chi connectivity index (χ3n) is 3.63. The Balaban J connectivity index is 1.86. The van der Waals surface area contributed by atoms with Crippen molar-refractivity contribution in [1.82, 2.24) is 9.88 Å². The number of amides is 1. The maximum atomic E-state index is 12.2. The summed E-state index contributed by atoms with van der Waals surface area (Å²) in [4.78, 5) is 28.9. The first-order valence-corrected chi connectivity index (χ1v) is 8.03. The van der Waals surface area contributed by atoms with Gasteiger partial charge in [0.05, 0.1) is 10.7 Å². The van der Waals surface area contributed by atoms with Crippen LogP contribution in [0.5, 0.6) is 0 Å². The number of hydrogen-bond donors (Lipinski definition) is 1. The molecular weight excluding hydrogens is 288 g/mol. The van der Waals surface area contributed by atoms with Crippen LogP contribution >= 0.6 is 11.3 Å². The molecule has 0 aliphatic carbocycles. The van der Waals surface area contributed by atoms with E-state index in [9.17, 15) is 9.59 Å². The number of aryl methyl sites for hydroxylation is 1. The SMILES string of the molecule is Cc1nc(/C=C/C(=O)N2CCC[C@@H](CCC(=O)O)C2)cs1. The van der Waals surface area contributed by atoms with Gasteiger partial charge in [-0.25, -0.2) is 4.98 Å². The summed E-state index contributed by atoms with van der Waals surface area (Å²) in [6, 6.07) is 0. The fourth-order valence-corrected chi connectivity index (χ4v) is 3.13. The lowest BCUT2D eigenvalue weighted by atomic mass is 9.93. The monoisotopic (exact) mass is 308 g/mol. The Bertz CT molecular complexity index is 539. The number of rotatable bonds is 5. The highest BCUT2D eigenvalue weighted by molar-refractivity contribution is 7.09. The van der Waals surface area contributed by atoms with Crippen molar-refractivity contribution in [2.75, 3.05) is 13.1 Å². The van der Waals surface area contributed by atoms with Crippen LogP contribution in [-0.4, -0.2) is 40.0 Å². The summed E-state index contributed by atoms with van der Waals surface area (Å²) in [6.07, 6.45) is 6.08. The maximum absolute atomic E-state index is 12.2. The highest BCUT2D eigenvalue weighted by Gasteiger charge is 2.22. The number of carbonyl (C=O) groups is 2. The van der Waals surface area contributed by atoms with Gasteiger partial charge in [-0.05, 0) is 38.2 Å². The van der Waals surface area contributed by atoms with Gasteiger partial charge in [0, 0.05) is 31.0 Å². The zero-order valence-corrected chi connectivity index (χ0v) is 12.9. The van der Waals surface area contributed by atoms with Crippen molar-refractivity contribution < 1.29 is 14.7 Å². The fraction of sp³-hybridized carbons (Fsp3) is 0.533. The molecule has 6 heteroatoms. The number of carbonyl (C=O) groups excluding carboxylic acids is 1. The maximum Gasteiger partial charge on any atom is 0.303 e. The Kier molecular flexibility index (Phi) is 5.50. The first-order valence-electron chi connectivity index (χ1n) is 7.15. The summed E-state index contributed by atoms with van der Waals surface area (Å²) in [5.74, 6) is -0.480. The minimum absolute atomic E-state index is 0.0133. The number of carboxylic acid groups (broad SMARTS) is 1. The predicted molar refractivity (Wildman–Crippen MR) is 82.1 cm³/mol. The summed E-state index contributed by atoms with van der Waals surface area (Å²) in [5.41, 5.74) is 0.810. The van der Waals surface area contributed by atoms with Gasteiger partial charge in [0.15, 0.2) is 0 Å². The van der Waals surface area contributed by atoms with Crippen LogP contribution in [0.25, 0.3) is 6.08 Å². The van der Waals surface area contributed by atoms with Crippen LogP contribution in [0.15, 0.2) is 11.5 Å². The van der Waals surface area contributed by atoms with Crippen molar-refractivity contribution in [3.8, 4) is 0 Å². The Morgan fingerprint density at radius 3 is 3.05 bits per heavy atom. The summed E-state index contributed by atoms with van der Waals surface area (Å²) >= 11 is 1.56. The second-order valence-corrected chi connectivity index (χ2v) is 6.41. The van der Waals surface area contributed by atoms with E-state index < -0.39 is 5.97 Å². The van der Waals surface area contributed by atoms with E-state index in [-0.39, 0.29) is 12.3 Å². The molecule has 0 radical (unpaired) electrons. The van der Waals surface area contributed by atoms with Crippen LogP contribution in [0.3, 0.4) is 0 Å². The average molecular weight is 308 g/mol. The second-order valence-electron chi connectivity index (χ2n) is 5.35. The molecule has 1 saturated heterocycles. The van der Waals surface area contributed by atoms with E-state index in [0.29, 0.717) is 18.9 Å². The van der Waals surface area contributed by atoms with Crippen LogP contribution in [0.4, 0.5) is 0 Å². The molecule has 0 aromatic carbocycles. The molecule has 1 N–H and O–H groups in total. The number of nitrogens with zero attached hydrogens (tertiary/aromatic N) is 2. The van der Waals surface area contributed by atoms with Crippen LogP contribution < -0.4 is 0 Å². The van der Waals surface area contributed by atoms with Gasteiger partial charge in [0.2, 0.25) is 5.91 Å². The molecule has 1 fully saturated rings. The van der Waals surface area contributed by atoms with Gasteiger partial charge in [-0.3, -0.25) is 9.59 Å². The number of thiazole rings is 1. The third-order valence-corrected chi connectivity index (χ3v) is 4.42. The van der Waals surface area contributed by atoms with Gasteiger partial charge in [-0.1, -0.05) is 0 Å². The Labute approximate surface area is 128 Å². The average Bonchev–Trinajstić information content (AvgIpc) is 2.88. The van der Waals surface area contributed by atoms with Crippen molar-refractivity contribution in [1.29, 1.82) is 0 Å². The Morgan fingerprint density at radius 1 is 1.57 bits per heavy atom. The highest BCUT2D eigenvalue weighted by Crippen LogP contribution is 2.21. The molecule has 1 aliphatic rings. The van der Waals surface area contributed by atoms with Gasteiger partial charge in [-0.2, -0.15) is 0 Å². The highest BCUT2D eigenvalue weighted by atomic mass is 32.1. The summed E-state index contributed by atoms with van der Waals surface area (Å²) in [5, 5.41) is 11.6. The van der Waals surface area contributed by atoms with E-state index in [0.717, 1.165) is 30.1 Å². The molecule has 0 unspecified atom stereocenters. The van der Waals surface area contributed by atoms with E-state index in [1.165, 1.54) is 0 Å². The number of likely N-dealkylation sites (tertiary alicyclic amines) is 1. The molecule has 0 spiro atoms. The van der Waals surface area contributed by atoms with E-state index in [1.54, 1.807) is 23.5 Å². The summed E-state index contributed by atoms with van der Waals surface area (Å²) < 4.78 is 0. The van der Waals surface area contributed by atoms with Crippen LogP contribution in [0.2, 0.25) is 0 Å². The molecule has 2 heterocycles. The Hall–Kier alpha value is -1.69. The normalized spacial score (nSPS) is 19.1. The summed E-state index contributed by atoms with van der Waals surface area (Å²) in [6.45, 7) is 3.34. The predicted octanol–water partition coefficient (Wildman–Crippen LogP) is 2.57. The quantitative estimate of drug-likeness (QED) is 0.849. The van der Waals surface area contributed by atoms with Gasteiger partial charge >= 0.3 is 5.97 Å². The molecule has 2 rings (SSSR count). The van der Waals surface area contributed by atoms with Gasteiger partial charge in [-0.15, -0.1) is 11.3 Å². The molecule has 114 valence electrons. The number of piperidine rings is 1. The van der Waals surface area contributed by atoms with Gasteiger partial charge in [0.25, 0.3) is 0 Å². The fourth-order valence-electron chi connectivity index (χ4n) is 2.55. The van der Waals surface area contributed by atoms with Crippen LogP contribution in [0, 0.1) is 12.8 Å². The van der Waals surface area contributed by atoms with E-state index in [2.05, 4.69) is 4.98 Å². The van der Waals surface area contributed by atoms with Crippen molar-refractivity contribution >= 4 is 29.3 Å². The lowest BCUT2D eigenvalue weighted by molar-refractivity contribution is -0.137. The lowest BCUT2D eigenvalue weighted by Crippen LogP contribution is -2.39. The van der Waals surface area contributed by atoms with Gasteiger partial charge < -0.3 is 10.0 Å². The van der Waals surface area contributed by atoms with E-state index >= 15 is 0 Å². The van der Waals surface area contributed by atoms with E-state index in [1.807, 2.05) is 17.2 Å². The number of aliphatic carboxylic acids is 1. The van der Waals surface area contributed by atoms with E-state index in [4.69, 9.17) is 5.11 Å². The van der Waals surface area contributed by atoms with Crippen molar-refractivity contribution in [2.24, 2.45) is 5.92 Å². The smallest absolute Gasteiger partial charge is 0.303 e. The molecule has 0 bridgehead atoms. The summed E-state index contributed by atoms with van der Waals surface area (Å²) in [7, 11) is 0. The molecule has 1 atom stereocenters. The first kappa shape index (κ1) is 15.7. The van der Waals surface area contributed by atoms with Crippen LogP contribution in [0.1, 0.15) is 36.4 Å². The van der Waals surface area contributed by atoms with Crippen molar-refractivity contribution in [2.45, 2.75) is 32.6 Å². The standard InChI is InChI=1S/C15H20N2O3S/c1-11-16-13(10-21-11)5-6-14(18)17-8-2-3-12(9-17)4-7-15(19)20/h5-6,10,12H,2-4,7-9H2,1H3,(H,19,20)/b6-5+/t12-/m0/s1. The molecule has 1 aliphatic heterocycles. The second kappa shape index (κ2) is 7.36. The molecule has 1 aromatic rings. The number of hydrogen-bond acceptors (Lipinski definition) is 4. The van der Waals surface area contributed by atoms with Crippen molar-refractivity contribution in [3.63, 3.8) is 0 Å². The molecule has 1 aromatic heterocycles. The molecular formula is C15H20N2O3S. The minimum atomic E-state index is -0.766. The lowest BCUT2D eigenvalue weighted by Gasteiger charge is -2.31. The molecule has 1 amide bonds. The van der Waals surface area contributed by atoms with Crippen LogP contribution in [-0.2, 0) is 9.59 Å². The zero-order valence-electron chi connectivity index (χ0n) is 12.1. The Morgan fingerprint density at radius 2 is 2.38 bits per heavy atom. The number of aromatic nitrogens is 1. The minimum Gasteiger partial charge on any atom is -0.481 e. The molecule has 5 nitrogen and oxygen atoms in total. The first-order chi connectivity index (χ1) is 10.0. The third kappa shape index (κ3) is 4.97. The molecule has 0 saturated carbocycles. The molecule has 21 heavy (non-hydrogen) atoms.